The van der Waals surface area contributed by atoms with Gasteiger partial charge in [-0.15, -0.1) is 11.3 Å². The summed E-state index contributed by atoms with van der Waals surface area (Å²) in [5, 5.41) is 4.47. The second-order valence-electron chi connectivity index (χ2n) is 7.08. The fourth-order valence-corrected chi connectivity index (χ4v) is 5.79. The molecular weight excluding hydrogens is 412 g/mol. The lowest BCUT2D eigenvalue weighted by Gasteiger charge is -2.29. The number of carbonyl (C=O) groups is 2. The number of nitrogens with zero attached hydrogens (tertiary/aromatic N) is 1. The molecule has 7 nitrogen and oxygen atoms in total. The third-order valence-electron chi connectivity index (χ3n) is 4.89. The van der Waals surface area contributed by atoms with E-state index in [1.807, 2.05) is 32.0 Å². The average Bonchev–Trinajstić information content (AvgIpc) is 3.25. The number of nitrogens with one attached hydrogen (secondary N) is 1. The number of carbonyl (C=O) groups excluding carboxylic acids is 2. The molecule has 1 aromatic carbocycles. The normalized spacial score (nSPS) is 15.8. The summed E-state index contributed by atoms with van der Waals surface area (Å²) in [5.74, 6) is -1.27. The van der Waals surface area contributed by atoms with Crippen molar-refractivity contribution in [2.24, 2.45) is 5.92 Å². The maximum absolute atomic E-state index is 12.5. The molecule has 1 aliphatic heterocycles. The van der Waals surface area contributed by atoms with E-state index in [2.05, 4.69) is 5.32 Å². The summed E-state index contributed by atoms with van der Waals surface area (Å²) in [6.07, 6.45) is 0.754. The number of rotatable bonds is 6. The Morgan fingerprint density at radius 1 is 1.21 bits per heavy atom. The quantitative estimate of drug-likeness (QED) is 0.703. The van der Waals surface area contributed by atoms with E-state index >= 15 is 0 Å². The maximum Gasteiger partial charge on any atom is 0.309 e. The Balaban J connectivity index is 1.47. The molecule has 1 aliphatic rings. The lowest BCUT2D eigenvalue weighted by molar-refractivity contribution is -0.152. The van der Waals surface area contributed by atoms with Crippen LogP contribution in [0.4, 0.5) is 5.69 Å². The van der Waals surface area contributed by atoms with Crippen LogP contribution < -0.4 is 5.32 Å². The van der Waals surface area contributed by atoms with Crippen molar-refractivity contribution in [1.82, 2.24) is 4.31 Å². The minimum atomic E-state index is -3.50. The Bertz CT molecular complexity index is 978. The number of benzene rings is 1. The highest BCUT2D eigenvalue weighted by Crippen LogP contribution is 2.26. The van der Waals surface area contributed by atoms with Crippen molar-refractivity contribution in [2.45, 2.75) is 30.9 Å². The van der Waals surface area contributed by atoms with E-state index in [1.165, 1.54) is 15.6 Å². The summed E-state index contributed by atoms with van der Waals surface area (Å²) < 4.78 is 31.9. The van der Waals surface area contributed by atoms with Crippen LogP contribution in [-0.4, -0.2) is 44.3 Å². The highest BCUT2D eigenvalue weighted by atomic mass is 32.2. The molecule has 1 fully saturated rings. The van der Waals surface area contributed by atoms with Gasteiger partial charge in [-0.05, 0) is 55.3 Å². The van der Waals surface area contributed by atoms with Crippen molar-refractivity contribution in [3.8, 4) is 0 Å². The first-order chi connectivity index (χ1) is 13.8. The van der Waals surface area contributed by atoms with Gasteiger partial charge in [0.25, 0.3) is 15.9 Å². The lowest BCUT2D eigenvalue weighted by atomic mass is 9.98. The number of anilines is 1. The molecule has 0 radical (unpaired) electrons. The SMILES string of the molecule is Cc1ccc(C)c(NC(=O)COC(=O)C2CCN(S(=O)(=O)c3cccs3)CC2)c1. The molecule has 1 amide bonds. The minimum Gasteiger partial charge on any atom is -0.455 e. The molecule has 3 rings (SSSR count). The van der Waals surface area contributed by atoms with Crippen LogP contribution in [0.15, 0.2) is 39.9 Å². The van der Waals surface area contributed by atoms with E-state index in [9.17, 15) is 18.0 Å². The van der Waals surface area contributed by atoms with Crippen LogP contribution in [0.5, 0.6) is 0 Å². The monoisotopic (exact) mass is 436 g/mol. The molecule has 1 aromatic heterocycles. The molecular formula is C20H24N2O5S2. The van der Waals surface area contributed by atoms with Gasteiger partial charge in [0.15, 0.2) is 6.61 Å². The maximum atomic E-state index is 12.5. The standard InChI is InChI=1S/C20H24N2O5S2/c1-14-5-6-15(2)17(12-14)21-18(23)13-27-20(24)16-7-9-22(10-8-16)29(25,26)19-4-3-11-28-19/h3-6,11-12,16H,7-10,13H2,1-2H3,(H,21,23). The highest BCUT2D eigenvalue weighted by molar-refractivity contribution is 7.91. The number of hydrogen-bond acceptors (Lipinski definition) is 6. The first-order valence-corrected chi connectivity index (χ1v) is 11.7. The van der Waals surface area contributed by atoms with Crippen molar-refractivity contribution < 1.29 is 22.7 Å². The number of hydrogen-bond donors (Lipinski definition) is 1. The zero-order chi connectivity index (χ0) is 21.0. The Hall–Kier alpha value is -2.23. The van der Waals surface area contributed by atoms with Gasteiger partial charge in [0.05, 0.1) is 5.92 Å². The topological polar surface area (TPSA) is 92.8 Å². The number of aryl methyl sites for hydroxylation is 2. The highest BCUT2D eigenvalue weighted by Gasteiger charge is 2.33. The molecule has 0 spiro atoms. The van der Waals surface area contributed by atoms with Crippen LogP contribution in [0.25, 0.3) is 0 Å². The largest absolute Gasteiger partial charge is 0.455 e. The van der Waals surface area contributed by atoms with Crippen LogP contribution in [0.2, 0.25) is 0 Å². The zero-order valence-electron chi connectivity index (χ0n) is 16.4. The van der Waals surface area contributed by atoms with E-state index in [-0.39, 0.29) is 19.7 Å². The first kappa shape index (κ1) is 21.5. The molecule has 1 saturated heterocycles. The number of amides is 1. The molecule has 9 heteroatoms. The van der Waals surface area contributed by atoms with E-state index < -0.39 is 27.8 Å². The minimum absolute atomic E-state index is 0.259. The van der Waals surface area contributed by atoms with Gasteiger partial charge >= 0.3 is 5.97 Å². The van der Waals surface area contributed by atoms with Crippen LogP contribution in [-0.2, 0) is 24.3 Å². The number of piperidine rings is 1. The van der Waals surface area contributed by atoms with Crippen molar-refractivity contribution in [1.29, 1.82) is 0 Å². The molecule has 0 bridgehead atoms. The first-order valence-electron chi connectivity index (χ1n) is 9.35. The molecule has 0 saturated carbocycles. The zero-order valence-corrected chi connectivity index (χ0v) is 18.0. The third-order valence-corrected chi connectivity index (χ3v) is 8.16. The van der Waals surface area contributed by atoms with Crippen molar-refractivity contribution in [3.63, 3.8) is 0 Å². The van der Waals surface area contributed by atoms with Gasteiger partial charge in [-0.3, -0.25) is 9.59 Å². The van der Waals surface area contributed by atoms with Crippen molar-refractivity contribution in [2.75, 3.05) is 25.0 Å². The van der Waals surface area contributed by atoms with Crippen LogP contribution in [0.1, 0.15) is 24.0 Å². The van der Waals surface area contributed by atoms with Gasteiger partial charge in [-0.25, -0.2) is 8.42 Å². The predicted octanol–water partition coefficient (Wildman–Crippen LogP) is 2.95. The van der Waals surface area contributed by atoms with Crippen LogP contribution in [0.3, 0.4) is 0 Å². The number of ether oxygens (including phenoxy) is 1. The second kappa shape index (κ2) is 9.06. The lowest BCUT2D eigenvalue weighted by Crippen LogP contribution is -2.40. The van der Waals surface area contributed by atoms with Gasteiger partial charge in [-0.2, -0.15) is 4.31 Å². The van der Waals surface area contributed by atoms with E-state index in [1.54, 1.807) is 17.5 Å². The number of esters is 1. The Kier molecular flexibility index (Phi) is 6.71. The summed E-state index contributed by atoms with van der Waals surface area (Å²) in [5.41, 5.74) is 2.64. The fourth-order valence-electron chi connectivity index (χ4n) is 3.18. The van der Waals surface area contributed by atoms with Crippen molar-refractivity contribution >= 4 is 38.9 Å². The van der Waals surface area contributed by atoms with E-state index in [0.717, 1.165) is 11.1 Å². The second-order valence-corrected chi connectivity index (χ2v) is 10.2. The van der Waals surface area contributed by atoms with Crippen LogP contribution >= 0.6 is 11.3 Å². The molecule has 0 unspecified atom stereocenters. The Morgan fingerprint density at radius 2 is 1.93 bits per heavy atom. The summed E-state index contributed by atoms with van der Waals surface area (Å²) in [7, 11) is -3.50. The molecule has 2 heterocycles. The third kappa shape index (κ3) is 5.23. The molecule has 0 atom stereocenters. The number of sulfonamides is 1. The van der Waals surface area contributed by atoms with Gasteiger partial charge < -0.3 is 10.1 Å². The molecule has 1 N–H and O–H groups in total. The van der Waals surface area contributed by atoms with Crippen molar-refractivity contribution in [3.05, 3.63) is 46.8 Å². The molecule has 2 aromatic rings. The number of thiophene rings is 1. The molecule has 29 heavy (non-hydrogen) atoms. The van der Waals surface area contributed by atoms with Gasteiger partial charge in [0, 0.05) is 18.8 Å². The summed E-state index contributed by atoms with van der Waals surface area (Å²) in [6.45, 7) is 3.97. The molecule has 156 valence electrons. The fraction of sp³-hybridized carbons (Fsp3) is 0.400. The smallest absolute Gasteiger partial charge is 0.309 e. The summed E-state index contributed by atoms with van der Waals surface area (Å²) >= 11 is 1.18. The predicted molar refractivity (Wildman–Crippen MR) is 111 cm³/mol. The summed E-state index contributed by atoms with van der Waals surface area (Å²) in [6, 6.07) is 9.00. The average molecular weight is 437 g/mol. The van der Waals surface area contributed by atoms with E-state index in [4.69, 9.17) is 4.74 Å². The van der Waals surface area contributed by atoms with Gasteiger partial charge in [0.1, 0.15) is 4.21 Å². The molecule has 0 aliphatic carbocycles. The summed E-state index contributed by atoms with van der Waals surface area (Å²) in [4.78, 5) is 24.4. The van der Waals surface area contributed by atoms with Gasteiger partial charge in [0.2, 0.25) is 0 Å². The Morgan fingerprint density at radius 3 is 2.59 bits per heavy atom. The van der Waals surface area contributed by atoms with Crippen LogP contribution in [0, 0.1) is 19.8 Å². The van der Waals surface area contributed by atoms with Gasteiger partial charge in [-0.1, -0.05) is 18.2 Å². The van der Waals surface area contributed by atoms with E-state index in [0.29, 0.717) is 22.7 Å². The Labute approximate surface area is 174 Å².